The molecule has 0 aromatic heterocycles. The molecule has 1 saturated carbocycles. The molecule has 0 aliphatic heterocycles. The minimum absolute atomic E-state index is 0.129. The minimum atomic E-state index is -0.314. The summed E-state index contributed by atoms with van der Waals surface area (Å²) in [5.41, 5.74) is 0.993. The number of hydrogen-bond acceptors (Lipinski definition) is 3. The summed E-state index contributed by atoms with van der Waals surface area (Å²) >= 11 is 5.90. The maximum absolute atomic E-state index is 12.9. The molecule has 0 saturated heterocycles. The average Bonchev–Trinajstić information content (AvgIpc) is 3.51. The average molecular weight is 395 g/mol. The van der Waals surface area contributed by atoms with Gasteiger partial charge in [0.05, 0.1) is 5.56 Å². The molecule has 0 unspecified atom stereocenters. The standard InChI is InChI=1S/C22H19ClN2O3/c23-16-5-7-18(8-6-16)25-22(27)19-11-14-3-1-2-4-15(14)12-20(19)28-13-21(26)24-17-9-10-17/h1-8,11-12,17H,9-10,13H2,(H,24,26)(H,25,27). The van der Waals surface area contributed by atoms with Gasteiger partial charge in [-0.3, -0.25) is 9.59 Å². The third kappa shape index (κ3) is 4.43. The first-order valence-electron chi connectivity index (χ1n) is 9.10. The highest BCUT2D eigenvalue weighted by Crippen LogP contribution is 2.27. The van der Waals surface area contributed by atoms with Gasteiger partial charge in [0.2, 0.25) is 0 Å². The summed E-state index contributed by atoms with van der Waals surface area (Å²) in [7, 11) is 0. The van der Waals surface area contributed by atoms with Crippen molar-refractivity contribution in [1.29, 1.82) is 0 Å². The first kappa shape index (κ1) is 18.3. The molecule has 4 rings (SSSR count). The van der Waals surface area contributed by atoms with Gasteiger partial charge in [-0.1, -0.05) is 35.9 Å². The molecule has 0 spiro atoms. The van der Waals surface area contributed by atoms with Gasteiger partial charge in [0, 0.05) is 16.8 Å². The second kappa shape index (κ2) is 7.90. The van der Waals surface area contributed by atoms with E-state index in [0.717, 1.165) is 23.6 Å². The molecule has 3 aromatic rings. The van der Waals surface area contributed by atoms with Gasteiger partial charge in [0.15, 0.2) is 6.61 Å². The van der Waals surface area contributed by atoms with Crippen LogP contribution < -0.4 is 15.4 Å². The van der Waals surface area contributed by atoms with Crippen LogP contribution in [0.4, 0.5) is 5.69 Å². The van der Waals surface area contributed by atoms with Crippen LogP contribution in [0.3, 0.4) is 0 Å². The van der Waals surface area contributed by atoms with Crippen LogP contribution in [-0.4, -0.2) is 24.5 Å². The zero-order chi connectivity index (χ0) is 19.5. The van der Waals surface area contributed by atoms with Crippen molar-refractivity contribution < 1.29 is 14.3 Å². The van der Waals surface area contributed by atoms with Crippen LogP contribution in [0, 0.1) is 0 Å². The number of carbonyl (C=O) groups is 2. The van der Waals surface area contributed by atoms with Gasteiger partial charge in [0.25, 0.3) is 11.8 Å². The number of anilines is 1. The van der Waals surface area contributed by atoms with Crippen LogP contribution in [0.1, 0.15) is 23.2 Å². The van der Waals surface area contributed by atoms with Gasteiger partial charge in [-0.2, -0.15) is 0 Å². The summed E-state index contributed by atoms with van der Waals surface area (Å²) in [5, 5.41) is 8.16. The topological polar surface area (TPSA) is 67.4 Å². The van der Waals surface area contributed by atoms with Gasteiger partial charge >= 0.3 is 0 Å². The molecule has 1 aliphatic rings. The molecule has 0 bridgehead atoms. The number of ether oxygens (including phenoxy) is 1. The van der Waals surface area contributed by atoms with Crippen LogP contribution in [-0.2, 0) is 4.79 Å². The maximum Gasteiger partial charge on any atom is 0.259 e. The van der Waals surface area contributed by atoms with Crippen molar-refractivity contribution in [3.8, 4) is 5.75 Å². The Bertz CT molecular complexity index is 1030. The fraction of sp³-hybridized carbons (Fsp3) is 0.182. The van der Waals surface area contributed by atoms with E-state index in [9.17, 15) is 9.59 Å². The van der Waals surface area contributed by atoms with Gasteiger partial charge in [-0.05, 0) is 60.0 Å². The molecule has 5 nitrogen and oxygen atoms in total. The molecule has 0 atom stereocenters. The van der Waals surface area contributed by atoms with Crippen LogP contribution in [0.25, 0.3) is 10.8 Å². The molecular formula is C22H19ClN2O3. The number of rotatable bonds is 6. The van der Waals surface area contributed by atoms with Crippen molar-refractivity contribution in [2.45, 2.75) is 18.9 Å². The number of fused-ring (bicyclic) bond motifs is 1. The second-order valence-electron chi connectivity index (χ2n) is 6.79. The molecule has 6 heteroatoms. The lowest BCUT2D eigenvalue weighted by molar-refractivity contribution is -0.123. The fourth-order valence-electron chi connectivity index (χ4n) is 2.89. The number of halogens is 1. The SMILES string of the molecule is O=C(COc1cc2ccccc2cc1C(=O)Nc1ccc(Cl)cc1)NC1CC1. The monoisotopic (exact) mass is 394 g/mol. The van der Waals surface area contributed by atoms with E-state index < -0.39 is 0 Å². The highest BCUT2D eigenvalue weighted by molar-refractivity contribution is 6.30. The lowest BCUT2D eigenvalue weighted by Crippen LogP contribution is -2.30. The lowest BCUT2D eigenvalue weighted by Gasteiger charge is -2.13. The smallest absolute Gasteiger partial charge is 0.259 e. The van der Waals surface area contributed by atoms with Gasteiger partial charge in [-0.25, -0.2) is 0 Å². The Morgan fingerprint density at radius 2 is 1.68 bits per heavy atom. The Morgan fingerprint density at radius 1 is 1.00 bits per heavy atom. The van der Waals surface area contributed by atoms with Gasteiger partial charge in [-0.15, -0.1) is 0 Å². The second-order valence-corrected chi connectivity index (χ2v) is 7.22. The van der Waals surface area contributed by atoms with Gasteiger partial charge < -0.3 is 15.4 Å². The van der Waals surface area contributed by atoms with Crippen molar-refractivity contribution in [2.75, 3.05) is 11.9 Å². The van der Waals surface area contributed by atoms with E-state index in [4.69, 9.17) is 16.3 Å². The van der Waals surface area contributed by atoms with Crippen LogP contribution in [0.15, 0.2) is 60.7 Å². The Morgan fingerprint density at radius 3 is 2.36 bits per heavy atom. The van der Waals surface area contributed by atoms with E-state index in [-0.39, 0.29) is 24.5 Å². The molecular weight excluding hydrogens is 376 g/mol. The number of amides is 2. The Labute approximate surface area is 167 Å². The van der Waals surface area contributed by atoms with Gasteiger partial charge in [0.1, 0.15) is 5.75 Å². The van der Waals surface area contributed by atoms with Crippen molar-refractivity contribution in [1.82, 2.24) is 5.32 Å². The van der Waals surface area contributed by atoms with E-state index in [1.165, 1.54) is 0 Å². The predicted octanol–water partition coefficient (Wildman–Crippen LogP) is 4.40. The highest BCUT2D eigenvalue weighted by atomic mass is 35.5. The third-order valence-corrected chi connectivity index (χ3v) is 4.75. The highest BCUT2D eigenvalue weighted by Gasteiger charge is 2.23. The van der Waals surface area contributed by atoms with Crippen molar-refractivity contribution in [3.05, 3.63) is 71.2 Å². The molecule has 1 aliphatic carbocycles. The van der Waals surface area contributed by atoms with E-state index in [1.54, 1.807) is 36.4 Å². The normalized spacial score (nSPS) is 13.2. The third-order valence-electron chi connectivity index (χ3n) is 4.50. The summed E-state index contributed by atoms with van der Waals surface area (Å²) < 4.78 is 5.72. The summed E-state index contributed by atoms with van der Waals surface area (Å²) in [6.45, 7) is -0.129. The van der Waals surface area contributed by atoms with E-state index in [1.807, 2.05) is 24.3 Å². The number of nitrogens with one attached hydrogen (secondary N) is 2. The zero-order valence-electron chi connectivity index (χ0n) is 15.1. The summed E-state index contributed by atoms with van der Waals surface area (Å²) in [4.78, 5) is 24.9. The minimum Gasteiger partial charge on any atom is -0.483 e. The van der Waals surface area contributed by atoms with Crippen molar-refractivity contribution in [3.63, 3.8) is 0 Å². The van der Waals surface area contributed by atoms with E-state index >= 15 is 0 Å². The molecule has 2 amide bonds. The quantitative estimate of drug-likeness (QED) is 0.651. The van der Waals surface area contributed by atoms with Crippen molar-refractivity contribution >= 4 is 39.9 Å². The number of hydrogen-bond donors (Lipinski definition) is 2. The Hall–Kier alpha value is -3.05. The first-order chi connectivity index (χ1) is 13.6. The lowest BCUT2D eigenvalue weighted by atomic mass is 10.1. The molecule has 1 fully saturated rings. The molecule has 0 heterocycles. The molecule has 0 radical (unpaired) electrons. The molecule has 3 aromatic carbocycles. The molecule has 2 N–H and O–H groups in total. The zero-order valence-corrected chi connectivity index (χ0v) is 15.8. The molecule has 142 valence electrons. The Kier molecular flexibility index (Phi) is 5.17. The number of carbonyl (C=O) groups excluding carboxylic acids is 2. The largest absolute Gasteiger partial charge is 0.483 e. The summed E-state index contributed by atoms with van der Waals surface area (Å²) in [6, 6.07) is 18.4. The van der Waals surface area contributed by atoms with Crippen LogP contribution >= 0.6 is 11.6 Å². The Balaban J connectivity index is 1.59. The van der Waals surface area contributed by atoms with Crippen molar-refractivity contribution in [2.24, 2.45) is 0 Å². The molecule has 28 heavy (non-hydrogen) atoms. The number of benzene rings is 3. The van der Waals surface area contributed by atoms with Crippen LogP contribution in [0.2, 0.25) is 5.02 Å². The first-order valence-corrected chi connectivity index (χ1v) is 9.48. The summed E-state index contributed by atoms with van der Waals surface area (Å²) in [6.07, 6.45) is 2.02. The predicted molar refractivity (Wildman–Crippen MR) is 110 cm³/mol. The summed E-state index contributed by atoms with van der Waals surface area (Å²) in [5.74, 6) is -0.124. The maximum atomic E-state index is 12.9. The fourth-order valence-corrected chi connectivity index (χ4v) is 3.01. The van der Waals surface area contributed by atoms with Crippen LogP contribution in [0.5, 0.6) is 5.75 Å². The van der Waals surface area contributed by atoms with E-state index in [0.29, 0.717) is 22.0 Å². The van der Waals surface area contributed by atoms with E-state index in [2.05, 4.69) is 10.6 Å².